The Morgan fingerprint density at radius 2 is 1.88 bits per heavy atom. The Bertz CT molecular complexity index is 859. The van der Waals surface area contributed by atoms with Crippen molar-refractivity contribution < 1.29 is 23.5 Å². The number of aryl methyl sites for hydroxylation is 1. The Morgan fingerprint density at radius 3 is 2.41 bits per heavy atom. The Kier molecular flexibility index (Phi) is 7.93. The molecule has 1 aliphatic rings. The van der Waals surface area contributed by atoms with Crippen molar-refractivity contribution in [2.45, 2.75) is 77.7 Å². The first-order chi connectivity index (χ1) is 14.7. The smallest absolute Gasteiger partial charge is 0.409 e. The summed E-state index contributed by atoms with van der Waals surface area (Å²) in [6, 6.07) is -0.286. The molecule has 0 aromatic carbocycles. The molecule has 0 aliphatic carbocycles. The molecule has 1 aromatic heterocycles. The van der Waals surface area contributed by atoms with E-state index in [0.717, 1.165) is 11.3 Å². The molecule has 0 saturated carbocycles. The number of H-pyrrole nitrogens is 1. The quantitative estimate of drug-likeness (QED) is 0.328. The van der Waals surface area contributed by atoms with Gasteiger partial charge in [0, 0.05) is 38.2 Å². The van der Waals surface area contributed by atoms with Crippen molar-refractivity contribution >= 4 is 26.1 Å². The highest BCUT2D eigenvalue weighted by Gasteiger charge is 2.48. The van der Waals surface area contributed by atoms with E-state index in [2.05, 4.69) is 49.4 Å². The number of rotatable bonds is 9. The predicted molar refractivity (Wildman–Crippen MR) is 124 cm³/mol. The monoisotopic (exact) mass is 466 g/mol. The first-order valence-corrected chi connectivity index (χ1v) is 14.0. The summed E-state index contributed by atoms with van der Waals surface area (Å²) in [5.41, 5.74) is 1.83. The van der Waals surface area contributed by atoms with E-state index in [1.807, 2.05) is 13.8 Å². The van der Waals surface area contributed by atoms with Crippen molar-refractivity contribution in [1.82, 2.24) is 20.4 Å². The SMILES string of the molecule is Cc1[nH]nc(C(=O)C[C@H]2NC(=O)[C@@H]2[C@@H](C)O[Si](C)(C)C(C)(C)C)c1CCOC(=O)N(C)C. The second-order valence-corrected chi connectivity index (χ2v) is 15.0. The van der Waals surface area contributed by atoms with Crippen LogP contribution in [0.15, 0.2) is 0 Å². The van der Waals surface area contributed by atoms with E-state index in [1.54, 1.807) is 14.1 Å². The average molecular weight is 467 g/mol. The van der Waals surface area contributed by atoms with Gasteiger partial charge < -0.3 is 19.4 Å². The summed E-state index contributed by atoms with van der Waals surface area (Å²) in [7, 11) is 1.18. The number of ketones is 1. The number of hydrogen-bond acceptors (Lipinski definition) is 6. The van der Waals surface area contributed by atoms with Crippen molar-refractivity contribution in [2.24, 2.45) is 5.92 Å². The molecule has 0 radical (unpaired) electrons. The molecule has 1 saturated heterocycles. The van der Waals surface area contributed by atoms with Crippen molar-refractivity contribution in [1.29, 1.82) is 0 Å². The van der Waals surface area contributed by atoms with Crippen molar-refractivity contribution in [3.63, 3.8) is 0 Å². The maximum absolute atomic E-state index is 13.0. The molecule has 1 aliphatic heterocycles. The summed E-state index contributed by atoms with van der Waals surface area (Å²) in [4.78, 5) is 38.3. The third-order valence-corrected chi connectivity index (χ3v) is 11.1. The fraction of sp³-hybridized carbons (Fsp3) is 0.727. The van der Waals surface area contributed by atoms with Crippen LogP contribution in [0.3, 0.4) is 0 Å². The lowest BCUT2D eigenvalue weighted by Crippen LogP contribution is -2.64. The number of amides is 2. The van der Waals surface area contributed by atoms with Gasteiger partial charge in [-0.3, -0.25) is 14.7 Å². The number of carbonyl (C=O) groups is 3. The van der Waals surface area contributed by atoms with Crippen LogP contribution in [0.25, 0.3) is 0 Å². The van der Waals surface area contributed by atoms with Crippen molar-refractivity contribution in [2.75, 3.05) is 20.7 Å². The summed E-state index contributed by atoms with van der Waals surface area (Å²) in [6.07, 6.45) is -0.173. The lowest BCUT2D eigenvalue weighted by molar-refractivity contribution is -0.139. The van der Waals surface area contributed by atoms with Gasteiger partial charge in [0.05, 0.1) is 24.7 Å². The van der Waals surface area contributed by atoms with Crippen LogP contribution >= 0.6 is 0 Å². The van der Waals surface area contributed by atoms with Gasteiger partial charge in [-0.1, -0.05) is 20.8 Å². The van der Waals surface area contributed by atoms with E-state index in [4.69, 9.17) is 9.16 Å². The number of nitrogens with one attached hydrogen (secondary N) is 2. The van der Waals surface area contributed by atoms with E-state index >= 15 is 0 Å². The van der Waals surface area contributed by atoms with Crippen LogP contribution in [0.1, 0.15) is 55.9 Å². The van der Waals surface area contributed by atoms with Gasteiger partial charge in [0.15, 0.2) is 14.1 Å². The van der Waals surface area contributed by atoms with Gasteiger partial charge in [0.1, 0.15) is 5.69 Å². The molecule has 0 spiro atoms. The molecule has 3 atom stereocenters. The number of aromatic nitrogens is 2. The minimum Gasteiger partial charge on any atom is -0.449 e. The molecule has 1 aromatic rings. The van der Waals surface area contributed by atoms with Gasteiger partial charge in [-0.25, -0.2) is 4.79 Å². The van der Waals surface area contributed by atoms with Crippen LogP contribution in [-0.2, 0) is 20.4 Å². The number of hydrogen-bond donors (Lipinski definition) is 2. The lowest BCUT2D eigenvalue weighted by atomic mass is 9.82. The van der Waals surface area contributed by atoms with Gasteiger partial charge >= 0.3 is 6.09 Å². The summed E-state index contributed by atoms with van der Waals surface area (Å²) < 4.78 is 11.6. The Hall–Kier alpha value is -2.20. The molecule has 10 heteroatoms. The Balaban J connectivity index is 2.03. The fourth-order valence-electron chi connectivity index (χ4n) is 3.54. The molecule has 2 heterocycles. The second kappa shape index (κ2) is 9.74. The Morgan fingerprint density at radius 1 is 1.25 bits per heavy atom. The molecule has 180 valence electrons. The average Bonchev–Trinajstić information content (AvgIpc) is 3.00. The molecule has 32 heavy (non-hydrogen) atoms. The van der Waals surface area contributed by atoms with Crippen molar-refractivity contribution in [3.8, 4) is 0 Å². The highest BCUT2D eigenvalue weighted by atomic mass is 28.4. The molecule has 2 rings (SSSR count). The number of aromatic amines is 1. The highest BCUT2D eigenvalue weighted by Crippen LogP contribution is 2.39. The number of Topliss-reactive ketones (excluding diaryl/α,β-unsaturated/α-hetero) is 1. The maximum Gasteiger partial charge on any atom is 0.409 e. The fourth-order valence-corrected chi connectivity index (χ4v) is 4.97. The summed E-state index contributed by atoms with van der Waals surface area (Å²) in [5.74, 6) is -0.599. The Labute approximate surface area is 191 Å². The van der Waals surface area contributed by atoms with Crippen LogP contribution in [0, 0.1) is 12.8 Å². The number of nitrogens with zero attached hydrogens (tertiary/aromatic N) is 2. The molecular formula is C22H38N4O5Si. The summed E-state index contributed by atoms with van der Waals surface area (Å²) in [5, 5.41) is 9.92. The number of β-lactam (4-membered cyclic amide) rings is 1. The van der Waals surface area contributed by atoms with Gasteiger partial charge in [-0.15, -0.1) is 0 Å². The van der Waals surface area contributed by atoms with Gasteiger partial charge in [-0.05, 0) is 32.0 Å². The normalized spacial score (nSPS) is 19.7. The summed E-state index contributed by atoms with van der Waals surface area (Å²) >= 11 is 0. The third kappa shape index (κ3) is 5.77. The zero-order valence-corrected chi connectivity index (χ0v) is 21.8. The largest absolute Gasteiger partial charge is 0.449 e. The lowest BCUT2D eigenvalue weighted by Gasteiger charge is -2.45. The van der Waals surface area contributed by atoms with Crippen LogP contribution in [0.4, 0.5) is 4.79 Å². The zero-order valence-electron chi connectivity index (χ0n) is 20.8. The minimum atomic E-state index is -2.04. The standard InChI is InChI=1S/C22H38N4O5Si/c1-13-15(10-11-30-21(29)26(6)7)19(25-24-13)17(27)12-16-18(20(28)23-16)14(2)31-32(8,9)22(3,4)5/h14,16,18H,10-12H2,1-9H3,(H,23,28)(H,24,25)/t14-,16-,18-/m1/s1. The van der Waals surface area contributed by atoms with Gasteiger partial charge in [-0.2, -0.15) is 5.10 Å². The van der Waals surface area contributed by atoms with Gasteiger partial charge in [0.25, 0.3) is 0 Å². The van der Waals surface area contributed by atoms with E-state index in [9.17, 15) is 14.4 Å². The van der Waals surface area contributed by atoms with E-state index in [-0.39, 0.29) is 47.8 Å². The molecule has 0 bridgehead atoms. The van der Waals surface area contributed by atoms with Crippen LogP contribution in [-0.4, -0.2) is 74.0 Å². The van der Waals surface area contributed by atoms with Crippen LogP contribution < -0.4 is 5.32 Å². The molecular weight excluding hydrogens is 428 g/mol. The van der Waals surface area contributed by atoms with Crippen LogP contribution in [0.2, 0.25) is 18.1 Å². The molecule has 2 N–H and O–H groups in total. The third-order valence-electron chi connectivity index (χ3n) is 6.54. The maximum atomic E-state index is 13.0. The first-order valence-electron chi connectivity index (χ1n) is 11.0. The van der Waals surface area contributed by atoms with E-state index < -0.39 is 14.4 Å². The van der Waals surface area contributed by atoms with Gasteiger partial charge in [0.2, 0.25) is 5.91 Å². The molecule has 0 unspecified atom stereocenters. The molecule has 2 amide bonds. The second-order valence-electron chi connectivity index (χ2n) is 10.3. The van der Waals surface area contributed by atoms with Crippen molar-refractivity contribution in [3.05, 3.63) is 17.0 Å². The number of ether oxygens (including phenoxy) is 1. The van der Waals surface area contributed by atoms with Crippen LogP contribution in [0.5, 0.6) is 0 Å². The first kappa shape index (κ1) is 26.1. The summed E-state index contributed by atoms with van der Waals surface area (Å²) in [6.45, 7) is 14.7. The predicted octanol–water partition coefficient (Wildman–Crippen LogP) is 3.06. The molecule has 9 nitrogen and oxygen atoms in total. The van der Waals surface area contributed by atoms with E-state index in [1.165, 1.54) is 4.90 Å². The molecule has 1 fully saturated rings. The number of carbonyl (C=O) groups excluding carboxylic acids is 3. The zero-order chi connectivity index (χ0) is 24.4. The topological polar surface area (TPSA) is 114 Å². The highest BCUT2D eigenvalue weighted by molar-refractivity contribution is 6.74. The van der Waals surface area contributed by atoms with E-state index in [0.29, 0.717) is 12.1 Å². The minimum absolute atomic E-state index is 0.0321.